The van der Waals surface area contributed by atoms with Crippen LogP contribution in [0.15, 0.2) is 41.6 Å². The molecule has 5 nitrogen and oxygen atoms in total. The van der Waals surface area contributed by atoms with E-state index in [4.69, 9.17) is 11.1 Å². The summed E-state index contributed by atoms with van der Waals surface area (Å²) < 4.78 is 15.2. The van der Waals surface area contributed by atoms with E-state index >= 15 is 0 Å². The summed E-state index contributed by atoms with van der Waals surface area (Å²) in [5.74, 6) is -0.427. The number of nitrogens with one attached hydrogen (secondary N) is 2. The van der Waals surface area contributed by atoms with Crippen molar-refractivity contribution in [3.05, 3.63) is 53.6 Å². The minimum absolute atomic E-state index is 0.181. The Balaban J connectivity index is 2.02. The molecule has 0 unspecified atom stereocenters. The molecule has 110 valence electrons. The fourth-order valence-corrected chi connectivity index (χ4v) is 2.09. The van der Waals surface area contributed by atoms with E-state index < -0.39 is 0 Å². The number of aromatic nitrogens is 1. The van der Waals surface area contributed by atoms with Gasteiger partial charge in [-0.2, -0.15) is 5.10 Å². The first-order valence-corrected chi connectivity index (χ1v) is 6.61. The van der Waals surface area contributed by atoms with Crippen molar-refractivity contribution < 1.29 is 4.39 Å². The Morgan fingerprint density at radius 1 is 1.48 bits per heavy atom. The summed E-state index contributed by atoms with van der Waals surface area (Å²) in [7, 11) is 0. The Bertz CT molecular complexity index is 660. The SMILES string of the molecule is Cc1cc(CC/C=N/NC(=N)N)cn1-c1cccc(F)c1. The molecular weight excluding hydrogens is 269 g/mol. The maximum atomic E-state index is 13.3. The van der Waals surface area contributed by atoms with Gasteiger partial charge < -0.3 is 10.3 Å². The Morgan fingerprint density at radius 2 is 2.29 bits per heavy atom. The van der Waals surface area contributed by atoms with Crippen LogP contribution < -0.4 is 11.2 Å². The van der Waals surface area contributed by atoms with Crippen LogP contribution in [0.25, 0.3) is 5.69 Å². The summed E-state index contributed by atoms with van der Waals surface area (Å²) in [5.41, 5.74) is 10.5. The number of benzene rings is 1. The van der Waals surface area contributed by atoms with Crippen molar-refractivity contribution in [1.29, 1.82) is 5.41 Å². The van der Waals surface area contributed by atoms with Gasteiger partial charge in [-0.05, 0) is 49.6 Å². The summed E-state index contributed by atoms with van der Waals surface area (Å²) in [6.07, 6.45) is 5.21. The third kappa shape index (κ3) is 4.17. The minimum atomic E-state index is -0.246. The van der Waals surface area contributed by atoms with Gasteiger partial charge in [-0.3, -0.25) is 5.41 Å². The first-order valence-electron chi connectivity index (χ1n) is 6.61. The van der Waals surface area contributed by atoms with Gasteiger partial charge in [-0.25, -0.2) is 9.82 Å². The van der Waals surface area contributed by atoms with E-state index in [1.807, 2.05) is 23.8 Å². The molecule has 0 aliphatic heterocycles. The van der Waals surface area contributed by atoms with E-state index in [9.17, 15) is 4.39 Å². The molecule has 2 aromatic rings. The maximum Gasteiger partial charge on any atom is 0.206 e. The van der Waals surface area contributed by atoms with Gasteiger partial charge in [0, 0.05) is 23.8 Å². The zero-order valence-electron chi connectivity index (χ0n) is 11.8. The highest BCUT2D eigenvalue weighted by Crippen LogP contribution is 2.17. The molecule has 0 amide bonds. The van der Waals surface area contributed by atoms with Crippen molar-refractivity contribution in [2.24, 2.45) is 10.8 Å². The molecule has 1 aromatic heterocycles. The molecule has 0 saturated heterocycles. The minimum Gasteiger partial charge on any atom is -0.369 e. The summed E-state index contributed by atoms with van der Waals surface area (Å²) in [4.78, 5) is 0. The molecule has 0 fully saturated rings. The Labute approximate surface area is 122 Å². The number of hydrazone groups is 1. The van der Waals surface area contributed by atoms with Gasteiger partial charge in [-0.1, -0.05) is 6.07 Å². The normalized spacial score (nSPS) is 11.0. The number of hydrogen-bond acceptors (Lipinski definition) is 2. The monoisotopic (exact) mass is 287 g/mol. The molecule has 4 N–H and O–H groups in total. The third-order valence-corrected chi connectivity index (χ3v) is 2.99. The molecule has 0 spiro atoms. The van der Waals surface area contributed by atoms with Gasteiger partial charge in [0.2, 0.25) is 5.96 Å². The third-order valence-electron chi connectivity index (χ3n) is 2.99. The predicted octanol–water partition coefficient (Wildman–Crippen LogP) is 2.33. The highest BCUT2D eigenvalue weighted by atomic mass is 19.1. The van der Waals surface area contributed by atoms with Gasteiger partial charge in [-0.15, -0.1) is 0 Å². The zero-order chi connectivity index (χ0) is 15.2. The second-order valence-corrected chi connectivity index (χ2v) is 4.72. The second kappa shape index (κ2) is 6.69. The number of guanidine groups is 1. The molecule has 0 aliphatic rings. The molecular formula is C15H18FN5. The Morgan fingerprint density at radius 3 is 3.00 bits per heavy atom. The van der Waals surface area contributed by atoms with Crippen LogP contribution in [0.5, 0.6) is 0 Å². The van der Waals surface area contributed by atoms with Crippen LogP contribution in [0.3, 0.4) is 0 Å². The molecule has 1 aromatic carbocycles. The first-order chi connectivity index (χ1) is 10.1. The standard InChI is InChI=1S/C15H18FN5/c1-11-8-12(4-3-7-19-20-15(17)18)10-21(11)14-6-2-5-13(16)9-14/h2,5-10H,3-4H2,1H3,(H4,17,18,20)/b19-7+. The van der Waals surface area contributed by atoms with E-state index in [1.54, 1.807) is 12.3 Å². The van der Waals surface area contributed by atoms with Gasteiger partial charge in [0.1, 0.15) is 5.82 Å². The van der Waals surface area contributed by atoms with Gasteiger partial charge in [0.05, 0.1) is 0 Å². The van der Waals surface area contributed by atoms with Crippen molar-refractivity contribution in [2.75, 3.05) is 0 Å². The topological polar surface area (TPSA) is 79.2 Å². The van der Waals surface area contributed by atoms with Gasteiger partial charge >= 0.3 is 0 Å². The van der Waals surface area contributed by atoms with Crippen molar-refractivity contribution in [3.63, 3.8) is 0 Å². The number of aryl methyl sites for hydroxylation is 2. The fraction of sp³-hybridized carbons (Fsp3) is 0.200. The Hall–Kier alpha value is -2.63. The zero-order valence-corrected chi connectivity index (χ0v) is 11.8. The van der Waals surface area contributed by atoms with Crippen molar-refractivity contribution in [1.82, 2.24) is 9.99 Å². The lowest BCUT2D eigenvalue weighted by atomic mass is 10.2. The van der Waals surface area contributed by atoms with Crippen LogP contribution in [0, 0.1) is 18.2 Å². The molecule has 2 rings (SSSR count). The van der Waals surface area contributed by atoms with Crippen molar-refractivity contribution in [2.45, 2.75) is 19.8 Å². The fourth-order valence-electron chi connectivity index (χ4n) is 2.09. The average molecular weight is 287 g/mol. The highest BCUT2D eigenvalue weighted by molar-refractivity contribution is 5.75. The number of nitrogens with zero attached hydrogens (tertiary/aromatic N) is 2. The molecule has 0 bridgehead atoms. The Kier molecular flexibility index (Phi) is 4.71. The summed E-state index contributed by atoms with van der Waals surface area (Å²) in [6, 6.07) is 8.58. The van der Waals surface area contributed by atoms with E-state index in [0.717, 1.165) is 29.8 Å². The van der Waals surface area contributed by atoms with E-state index in [2.05, 4.69) is 16.6 Å². The van der Waals surface area contributed by atoms with Crippen LogP contribution in [0.4, 0.5) is 4.39 Å². The largest absolute Gasteiger partial charge is 0.369 e. The number of halogens is 1. The second-order valence-electron chi connectivity index (χ2n) is 4.72. The number of hydrogen-bond donors (Lipinski definition) is 3. The van der Waals surface area contributed by atoms with Crippen LogP contribution in [0.2, 0.25) is 0 Å². The molecule has 0 atom stereocenters. The predicted molar refractivity (Wildman–Crippen MR) is 82.3 cm³/mol. The summed E-state index contributed by atoms with van der Waals surface area (Å²) in [5, 5.41) is 10.8. The van der Waals surface area contributed by atoms with Gasteiger partial charge in [0.25, 0.3) is 0 Å². The van der Waals surface area contributed by atoms with Crippen LogP contribution in [0.1, 0.15) is 17.7 Å². The first kappa shape index (κ1) is 14.8. The van der Waals surface area contributed by atoms with Crippen molar-refractivity contribution >= 4 is 12.2 Å². The van der Waals surface area contributed by atoms with Gasteiger partial charge in [0.15, 0.2) is 0 Å². The van der Waals surface area contributed by atoms with E-state index in [1.165, 1.54) is 12.1 Å². The molecule has 0 radical (unpaired) electrons. The molecule has 1 heterocycles. The number of rotatable bonds is 5. The van der Waals surface area contributed by atoms with Crippen LogP contribution >= 0.6 is 0 Å². The lowest BCUT2D eigenvalue weighted by Gasteiger charge is -2.05. The quantitative estimate of drug-likeness (QED) is 0.448. The maximum absolute atomic E-state index is 13.3. The smallest absolute Gasteiger partial charge is 0.206 e. The van der Waals surface area contributed by atoms with E-state index in [-0.39, 0.29) is 11.8 Å². The molecule has 0 saturated carbocycles. The summed E-state index contributed by atoms with van der Waals surface area (Å²) in [6.45, 7) is 1.99. The van der Waals surface area contributed by atoms with E-state index in [0.29, 0.717) is 0 Å². The van der Waals surface area contributed by atoms with Crippen LogP contribution in [-0.4, -0.2) is 16.7 Å². The lowest BCUT2D eigenvalue weighted by Crippen LogP contribution is -2.25. The lowest BCUT2D eigenvalue weighted by molar-refractivity contribution is 0.626. The highest BCUT2D eigenvalue weighted by Gasteiger charge is 2.04. The van der Waals surface area contributed by atoms with Crippen LogP contribution in [-0.2, 0) is 6.42 Å². The van der Waals surface area contributed by atoms with Crippen molar-refractivity contribution in [3.8, 4) is 5.69 Å². The molecule has 21 heavy (non-hydrogen) atoms. The molecule has 0 aliphatic carbocycles. The average Bonchev–Trinajstić information content (AvgIpc) is 2.79. The molecule has 6 heteroatoms. The number of nitrogens with two attached hydrogens (primary N) is 1. The summed E-state index contributed by atoms with van der Waals surface area (Å²) >= 11 is 0.